The molecule has 0 aromatic heterocycles. The molecule has 6 heteroatoms. The molecule has 0 unspecified atom stereocenters. The highest BCUT2D eigenvalue weighted by Crippen LogP contribution is 2.18. The fourth-order valence-electron chi connectivity index (χ4n) is 1.63. The number of hydrogen-bond acceptors (Lipinski definition) is 4. The predicted molar refractivity (Wildman–Crippen MR) is 72.2 cm³/mol. The first-order chi connectivity index (χ1) is 9.60. The van der Waals surface area contributed by atoms with Crippen molar-refractivity contribution in [3.8, 4) is 6.07 Å². The highest BCUT2D eigenvalue weighted by molar-refractivity contribution is 6.04. The highest BCUT2D eigenvalue weighted by Gasteiger charge is 2.10. The van der Waals surface area contributed by atoms with Crippen molar-refractivity contribution < 1.29 is 9.72 Å². The minimum absolute atomic E-state index is 0.103. The Morgan fingerprint density at radius 3 is 2.65 bits per heavy atom. The minimum Gasteiger partial charge on any atom is -0.322 e. The molecular formula is C14H9N3O3. The average molecular weight is 267 g/mol. The number of rotatable bonds is 3. The molecule has 0 radical (unpaired) electrons. The van der Waals surface area contributed by atoms with E-state index in [1.807, 2.05) is 6.07 Å². The zero-order chi connectivity index (χ0) is 14.5. The lowest BCUT2D eigenvalue weighted by molar-refractivity contribution is -0.384. The molecule has 2 rings (SSSR count). The van der Waals surface area contributed by atoms with E-state index in [0.29, 0.717) is 16.8 Å². The number of carbonyl (C=O) groups is 1. The maximum Gasteiger partial charge on any atom is 0.271 e. The fraction of sp³-hybridized carbons (Fsp3) is 0. The van der Waals surface area contributed by atoms with Crippen molar-refractivity contribution >= 4 is 17.3 Å². The van der Waals surface area contributed by atoms with Crippen LogP contribution in [0.25, 0.3) is 0 Å². The lowest BCUT2D eigenvalue weighted by Gasteiger charge is -2.05. The third-order valence-electron chi connectivity index (χ3n) is 2.57. The topological polar surface area (TPSA) is 96.0 Å². The van der Waals surface area contributed by atoms with Crippen LogP contribution in [0.15, 0.2) is 48.5 Å². The molecule has 0 fully saturated rings. The van der Waals surface area contributed by atoms with E-state index in [4.69, 9.17) is 5.26 Å². The van der Waals surface area contributed by atoms with Gasteiger partial charge in [-0.1, -0.05) is 12.1 Å². The van der Waals surface area contributed by atoms with Crippen LogP contribution in [0.5, 0.6) is 0 Å². The van der Waals surface area contributed by atoms with Gasteiger partial charge in [-0.15, -0.1) is 0 Å². The van der Waals surface area contributed by atoms with E-state index in [1.54, 1.807) is 24.3 Å². The van der Waals surface area contributed by atoms with Crippen LogP contribution >= 0.6 is 0 Å². The van der Waals surface area contributed by atoms with E-state index in [9.17, 15) is 14.9 Å². The van der Waals surface area contributed by atoms with E-state index < -0.39 is 10.8 Å². The first-order valence-corrected chi connectivity index (χ1v) is 5.66. The number of amides is 1. The van der Waals surface area contributed by atoms with Gasteiger partial charge in [-0.25, -0.2) is 0 Å². The second kappa shape index (κ2) is 5.63. The number of benzene rings is 2. The van der Waals surface area contributed by atoms with Gasteiger partial charge >= 0.3 is 0 Å². The van der Waals surface area contributed by atoms with Crippen LogP contribution in [0.2, 0.25) is 0 Å². The van der Waals surface area contributed by atoms with Crippen LogP contribution < -0.4 is 5.32 Å². The SMILES string of the molecule is N#Cc1cccc(C(=O)Nc2cccc([N+](=O)[O-])c2)c1. The van der Waals surface area contributed by atoms with Gasteiger partial charge in [0.1, 0.15) is 0 Å². The monoisotopic (exact) mass is 267 g/mol. The zero-order valence-corrected chi connectivity index (χ0v) is 10.2. The molecule has 6 nitrogen and oxygen atoms in total. The van der Waals surface area contributed by atoms with Gasteiger partial charge in [0.05, 0.1) is 16.6 Å². The van der Waals surface area contributed by atoms with Crippen LogP contribution in [-0.4, -0.2) is 10.8 Å². The Morgan fingerprint density at radius 1 is 1.20 bits per heavy atom. The first-order valence-electron chi connectivity index (χ1n) is 5.66. The van der Waals surface area contributed by atoms with Crippen molar-refractivity contribution in [1.29, 1.82) is 5.26 Å². The van der Waals surface area contributed by atoms with Crippen molar-refractivity contribution in [1.82, 2.24) is 0 Å². The van der Waals surface area contributed by atoms with Gasteiger partial charge in [-0.3, -0.25) is 14.9 Å². The van der Waals surface area contributed by atoms with Gasteiger partial charge in [-0.05, 0) is 24.3 Å². The molecular weight excluding hydrogens is 258 g/mol. The van der Waals surface area contributed by atoms with E-state index in [2.05, 4.69) is 5.32 Å². The van der Waals surface area contributed by atoms with E-state index in [-0.39, 0.29) is 5.69 Å². The molecule has 0 atom stereocenters. The van der Waals surface area contributed by atoms with Crippen LogP contribution in [0.4, 0.5) is 11.4 Å². The molecule has 0 aliphatic rings. The van der Waals surface area contributed by atoms with Gasteiger partial charge in [-0.2, -0.15) is 5.26 Å². The Kier molecular flexibility index (Phi) is 3.72. The molecule has 1 amide bonds. The number of hydrogen-bond donors (Lipinski definition) is 1. The van der Waals surface area contributed by atoms with Crippen LogP contribution in [-0.2, 0) is 0 Å². The number of anilines is 1. The molecule has 0 aliphatic heterocycles. The number of nitro groups is 1. The molecule has 0 heterocycles. The van der Waals surface area contributed by atoms with Crippen LogP contribution in [0.1, 0.15) is 15.9 Å². The number of nitro benzene ring substituents is 1. The Balaban J connectivity index is 2.21. The second-order valence-electron chi connectivity index (χ2n) is 3.95. The van der Waals surface area contributed by atoms with E-state index >= 15 is 0 Å². The Morgan fingerprint density at radius 2 is 1.95 bits per heavy atom. The lowest BCUT2D eigenvalue weighted by atomic mass is 10.1. The maximum absolute atomic E-state index is 12.0. The summed E-state index contributed by atoms with van der Waals surface area (Å²) >= 11 is 0. The molecule has 0 aliphatic carbocycles. The predicted octanol–water partition coefficient (Wildman–Crippen LogP) is 2.72. The van der Waals surface area contributed by atoms with Gasteiger partial charge in [0, 0.05) is 23.4 Å². The third-order valence-corrected chi connectivity index (χ3v) is 2.57. The highest BCUT2D eigenvalue weighted by atomic mass is 16.6. The van der Waals surface area contributed by atoms with Gasteiger partial charge < -0.3 is 5.32 Å². The molecule has 0 spiro atoms. The summed E-state index contributed by atoms with van der Waals surface area (Å²) in [7, 11) is 0. The molecule has 20 heavy (non-hydrogen) atoms. The van der Waals surface area contributed by atoms with Crippen molar-refractivity contribution in [2.24, 2.45) is 0 Å². The second-order valence-corrected chi connectivity index (χ2v) is 3.95. The molecule has 2 aromatic carbocycles. The van der Waals surface area contributed by atoms with Crippen molar-refractivity contribution in [3.63, 3.8) is 0 Å². The molecule has 0 saturated carbocycles. The van der Waals surface area contributed by atoms with Crippen LogP contribution in [0, 0.1) is 21.4 Å². The number of nitrogens with one attached hydrogen (secondary N) is 1. The molecule has 0 saturated heterocycles. The Bertz CT molecular complexity index is 720. The fourth-order valence-corrected chi connectivity index (χ4v) is 1.63. The summed E-state index contributed by atoms with van der Waals surface area (Å²) in [5.41, 5.74) is 0.910. The number of non-ortho nitro benzene ring substituents is 1. The summed E-state index contributed by atoms with van der Waals surface area (Å²) < 4.78 is 0. The van der Waals surface area contributed by atoms with E-state index in [1.165, 1.54) is 24.3 Å². The number of carbonyl (C=O) groups excluding carboxylic acids is 1. The summed E-state index contributed by atoms with van der Waals surface area (Å²) in [6.45, 7) is 0. The van der Waals surface area contributed by atoms with Crippen LogP contribution in [0.3, 0.4) is 0 Å². The smallest absolute Gasteiger partial charge is 0.271 e. The summed E-state index contributed by atoms with van der Waals surface area (Å²) in [5, 5.41) is 22.0. The first kappa shape index (κ1) is 13.2. The third kappa shape index (κ3) is 2.97. The zero-order valence-electron chi connectivity index (χ0n) is 10.2. The largest absolute Gasteiger partial charge is 0.322 e. The molecule has 2 aromatic rings. The van der Waals surface area contributed by atoms with Gasteiger partial charge in [0.2, 0.25) is 0 Å². The number of nitrogens with zero attached hydrogens (tertiary/aromatic N) is 2. The standard InChI is InChI=1S/C14H9N3O3/c15-9-10-3-1-4-11(7-10)14(18)16-12-5-2-6-13(8-12)17(19)20/h1-8H,(H,16,18). The summed E-state index contributed by atoms with van der Waals surface area (Å²) in [6.07, 6.45) is 0. The van der Waals surface area contributed by atoms with Crippen molar-refractivity contribution in [2.45, 2.75) is 0 Å². The average Bonchev–Trinajstić information content (AvgIpc) is 2.47. The molecule has 1 N–H and O–H groups in total. The van der Waals surface area contributed by atoms with Crippen molar-refractivity contribution in [3.05, 3.63) is 69.8 Å². The van der Waals surface area contributed by atoms with E-state index in [0.717, 1.165) is 0 Å². The minimum atomic E-state index is -0.536. The molecule has 0 bridgehead atoms. The summed E-state index contributed by atoms with van der Waals surface area (Å²) in [6, 6.07) is 13.8. The normalized spacial score (nSPS) is 9.55. The quantitative estimate of drug-likeness (QED) is 0.683. The Labute approximate surface area is 114 Å². The molecule has 98 valence electrons. The van der Waals surface area contributed by atoms with Gasteiger partial charge in [0.25, 0.3) is 11.6 Å². The Hall–Kier alpha value is -3.20. The lowest BCUT2D eigenvalue weighted by Crippen LogP contribution is -2.12. The number of nitriles is 1. The summed E-state index contributed by atoms with van der Waals surface area (Å²) in [5.74, 6) is -0.428. The maximum atomic E-state index is 12.0. The van der Waals surface area contributed by atoms with Gasteiger partial charge in [0.15, 0.2) is 0 Å². The van der Waals surface area contributed by atoms with Crippen molar-refractivity contribution in [2.75, 3.05) is 5.32 Å². The summed E-state index contributed by atoms with van der Waals surface area (Å²) in [4.78, 5) is 22.1.